The van der Waals surface area contributed by atoms with Gasteiger partial charge in [-0.2, -0.15) is 0 Å². The van der Waals surface area contributed by atoms with Gasteiger partial charge in [-0.3, -0.25) is 19.2 Å². The largest absolute Gasteiger partial charge is 0.508 e. The molecule has 4 unspecified atom stereocenters. The third-order valence-corrected chi connectivity index (χ3v) is 6.64. The Morgan fingerprint density at radius 1 is 0.972 bits per heavy atom. The summed E-state index contributed by atoms with van der Waals surface area (Å²) in [7, 11) is 0. The number of nitrogens with zero attached hydrogens (tertiary/aromatic N) is 2. The summed E-state index contributed by atoms with van der Waals surface area (Å²) in [6.45, 7) is 0.578. The predicted octanol–water partition coefficient (Wildman–Crippen LogP) is -0.322. The van der Waals surface area contributed by atoms with Crippen molar-refractivity contribution in [2.75, 3.05) is 13.1 Å². The van der Waals surface area contributed by atoms with Gasteiger partial charge >= 0.3 is 11.9 Å². The average molecular weight is 505 g/mol. The minimum Gasteiger partial charge on any atom is -0.508 e. The summed E-state index contributed by atoms with van der Waals surface area (Å²) in [6, 6.07) is 2.08. The number of likely N-dealkylation sites (tertiary alicyclic amines) is 2. The van der Waals surface area contributed by atoms with Crippen LogP contribution < -0.4 is 11.1 Å². The third kappa shape index (κ3) is 6.51. The minimum atomic E-state index is -1.15. The van der Waals surface area contributed by atoms with E-state index in [0.717, 1.165) is 0 Å². The number of carboxylic acid groups (broad SMARTS) is 2. The number of aliphatic carboxylic acids is 2. The second-order valence-corrected chi connectivity index (χ2v) is 9.19. The molecule has 0 radical (unpaired) electrons. The number of carboxylic acids is 2. The summed E-state index contributed by atoms with van der Waals surface area (Å²) in [6.07, 6.45) is 1.48. The second kappa shape index (κ2) is 11.8. The molecule has 1 aromatic rings. The molecule has 0 aromatic heterocycles. The highest BCUT2D eigenvalue weighted by Crippen LogP contribution is 2.26. The molecule has 2 saturated heterocycles. The fourth-order valence-electron chi connectivity index (χ4n) is 4.72. The van der Waals surface area contributed by atoms with Crippen molar-refractivity contribution in [1.82, 2.24) is 15.1 Å². The molecule has 0 bridgehead atoms. The Morgan fingerprint density at radius 2 is 1.58 bits per heavy atom. The molecule has 0 saturated carbocycles. The van der Waals surface area contributed by atoms with E-state index in [1.165, 1.54) is 21.9 Å². The van der Waals surface area contributed by atoms with Gasteiger partial charge in [0, 0.05) is 25.9 Å². The van der Waals surface area contributed by atoms with Gasteiger partial charge in [-0.15, -0.1) is 0 Å². The van der Waals surface area contributed by atoms with Gasteiger partial charge in [0.1, 0.15) is 23.9 Å². The topological polar surface area (TPSA) is 191 Å². The van der Waals surface area contributed by atoms with Gasteiger partial charge in [0.2, 0.25) is 17.7 Å². The lowest BCUT2D eigenvalue weighted by Gasteiger charge is -2.32. The van der Waals surface area contributed by atoms with Crippen LogP contribution in [0.2, 0.25) is 0 Å². The maximum absolute atomic E-state index is 13.6. The number of amides is 3. The molecule has 2 aliphatic heterocycles. The lowest BCUT2D eigenvalue weighted by Crippen LogP contribution is -2.57. The first-order valence-corrected chi connectivity index (χ1v) is 12.0. The van der Waals surface area contributed by atoms with E-state index in [9.17, 15) is 34.2 Å². The van der Waals surface area contributed by atoms with Gasteiger partial charge in [-0.05, 0) is 49.8 Å². The zero-order chi connectivity index (χ0) is 26.4. The van der Waals surface area contributed by atoms with Crippen molar-refractivity contribution in [3.05, 3.63) is 29.8 Å². The summed E-state index contributed by atoms with van der Waals surface area (Å²) in [5, 5.41) is 30.5. The number of hydrogen-bond donors (Lipinski definition) is 5. The van der Waals surface area contributed by atoms with Crippen LogP contribution in [0.15, 0.2) is 24.3 Å². The number of carbonyl (C=O) groups is 5. The second-order valence-electron chi connectivity index (χ2n) is 9.19. The highest BCUT2D eigenvalue weighted by atomic mass is 16.4. The van der Waals surface area contributed by atoms with Crippen LogP contribution in [-0.4, -0.2) is 92.0 Å². The normalized spacial score (nSPS) is 21.1. The zero-order valence-electron chi connectivity index (χ0n) is 19.8. The summed E-state index contributed by atoms with van der Waals surface area (Å²) >= 11 is 0. The van der Waals surface area contributed by atoms with Crippen LogP contribution >= 0.6 is 0 Å². The zero-order valence-corrected chi connectivity index (χ0v) is 19.8. The van der Waals surface area contributed by atoms with E-state index < -0.39 is 53.8 Å². The van der Waals surface area contributed by atoms with Gasteiger partial charge in [0.25, 0.3) is 0 Å². The van der Waals surface area contributed by atoms with Crippen LogP contribution in [0.1, 0.15) is 44.1 Å². The Morgan fingerprint density at radius 3 is 2.19 bits per heavy atom. The Balaban J connectivity index is 1.79. The first kappa shape index (κ1) is 26.9. The number of nitrogens with two attached hydrogens (primary N) is 1. The molecule has 0 aliphatic carbocycles. The van der Waals surface area contributed by atoms with Gasteiger partial charge in [0.05, 0.1) is 6.04 Å². The molecule has 6 N–H and O–H groups in total. The van der Waals surface area contributed by atoms with Gasteiger partial charge in [-0.25, -0.2) is 4.79 Å². The summed E-state index contributed by atoms with van der Waals surface area (Å²) in [4.78, 5) is 64.7. The molecule has 12 heteroatoms. The maximum Gasteiger partial charge on any atom is 0.326 e. The van der Waals surface area contributed by atoms with Crippen LogP contribution in [0.5, 0.6) is 5.75 Å². The van der Waals surface area contributed by atoms with Crippen molar-refractivity contribution >= 4 is 29.7 Å². The van der Waals surface area contributed by atoms with E-state index in [0.29, 0.717) is 37.8 Å². The molecule has 196 valence electrons. The molecule has 3 rings (SSSR count). The molecule has 12 nitrogen and oxygen atoms in total. The third-order valence-electron chi connectivity index (χ3n) is 6.64. The highest BCUT2D eigenvalue weighted by Gasteiger charge is 2.43. The van der Waals surface area contributed by atoms with E-state index in [-0.39, 0.29) is 31.6 Å². The number of phenols is 1. The van der Waals surface area contributed by atoms with Crippen molar-refractivity contribution in [2.45, 2.75) is 69.1 Å². The number of rotatable bonds is 10. The van der Waals surface area contributed by atoms with Crippen LogP contribution in [0.4, 0.5) is 0 Å². The maximum atomic E-state index is 13.6. The van der Waals surface area contributed by atoms with Crippen molar-refractivity contribution in [2.24, 2.45) is 5.73 Å². The van der Waals surface area contributed by atoms with E-state index in [2.05, 4.69) is 5.32 Å². The first-order chi connectivity index (χ1) is 17.1. The molecular formula is C24H32N4O8. The number of hydrogen-bond acceptors (Lipinski definition) is 7. The quantitative estimate of drug-likeness (QED) is 0.284. The summed E-state index contributed by atoms with van der Waals surface area (Å²) < 4.78 is 0. The summed E-state index contributed by atoms with van der Waals surface area (Å²) in [5.41, 5.74) is 6.47. The van der Waals surface area contributed by atoms with Crippen LogP contribution in [0.3, 0.4) is 0 Å². The predicted molar refractivity (Wildman–Crippen MR) is 126 cm³/mol. The van der Waals surface area contributed by atoms with Crippen molar-refractivity contribution in [3.8, 4) is 5.75 Å². The van der Waals surface area contributed by atoms with E-state index in [1.807, 2.05) is 0 Å². The Kier molecular flexibility index (Phi) is 8.86. The molecule has 36 heavy (non-hydrogen) atoms. The van der Waals surface area contributed by atoms with Gasteiger partial charge in [-0.1, -0.05) is 12.1 Å². The molecule has 2 aliphatic rings. The van der Waals surface area contributed by atoms with Crippen LogP contribution in [-0.2, 0) is 30.4 Å². The highest BCUT2D eigenvalue weighted by molar-refractivity contribution is 5.95. The number of aromatic hydroxyl groups is 1. The van der Waals surface area contributed by atoms with Crippen molar-refractivity contribution in [1.29, 1.82) is 0 Å². The van der Waals surface area contributed by atoms with Crippen LogP contribution in [0.25, 0.3) is 0 Å². The average Bonchev–Trinajstić information content (AvgIpc) is 3.52. The molecule has 2 heterocycles. The summed E-state index contributed by atoms with van der Waals surface area (Å²) in [5.74, 6) is -3.77. The van der Waals surface area contributed by atoms with Gasteiger partial charge < -0.3 is 36.2 Å². The molecule has 3 amide bonds. The molecule has 4 atom stereocenters. The number of carbonyl (C=O) groups excluding carboxylic acids is 3. The minimum absolute atomic E-state index is 0.0326. The number of phenolic OH excluding ortho intramolecular Hbond substituents is 1. The van der Waals surface area contributed by atoms with E-state index in [4.69, 9.17) is 10.8 Å². The lowest BCUT2D eigenvalue weighted by atomic mass is 10.0. The van der Waals surface area contributed by atoms with Gasteiger partial charge in [0.15, 0.2) is 0 Å². The fourth-order valence-corrected chi connectivity index (χ4v) is 4.72. The Labute approximate surface area is 208 Å². The van der Waals surface area contributed by atoms with E-state index in [1.54, 1.807) is 12.1 Å². The Bertz CT molecular complexity index is 998. The number of nitrogens with one attached hydrogen (secondary N) is 1. The van der Waals surface area contributed by atoms with E-state index >= 15 is 0 Å². The Hall–Kier alpha value is -3.67. The number of benzene rings is 1. The monoisotopic (exact) mass is 504 g/mol. The van der Waals surface area contributed by atoms with Crippen molar-refractivity contribution < 1.29 is 39.3 Å². The van der Waals surface area contributed by atoms with Crippen molar-refractivity contribution in [3.63, 3.8) is 0 Å². The standard InChI is InChI=1S/C24H32N4O8/c25-16(9-10-20(30)31)21(32)26-17(13-14-5-7-15(29)8-6-14)22(33)27-11-1-3-18(27)23(34)28-12-2-4-19(28)24(35)36/h5-8,16-19,29H,1-4,9-13,25H2,(H,26,32)(H,30,31)(H,35,36). The lowest BCUT2D eigenvalue weighted by molar-refractivity contribution is -0.152. The van der Waals surface area contributed by atoms with Crippen LogP contribution in [0, 0.1) is 0 Å². The molecular weight excluding hydrogens is 472 g/mol. The molecule has 1 aromatic carbocycles. The first-order valence-electron chi connectivity index (χ1n) is 12.0. The molecule has 0 spiro atoms. The SMILES string of the molecule is NC(CCC(=O)O)C(=O)NC(Cc1ccc(O)cc1)C(=O)N1CCCC1C(=O)N1CCCC1C(=O)O. The smallest absolute Gasteiger partial charge is 0.326 e. The fraction of sp³-hybridized carbons (Fsp3) is 0.542. The molecule has 2 fully saturated rings.